The maximum Gasteiger partial charge on any atom is 0.315 e. The Morgan fingerprint density at radius 2 is 1.84 bits per heavy atom. The normalized spacial score (nSPS) is 17.1. The van der Waals surface area contributed by atoms with Crippen LogP contribution in [-0.4, -0.2) is 29.7 Å². The van der Waals surface area contributed by atoms with Crippen molar-refractivity contribution in [1.29, 1.82) is 0 Å². The second-order valence-electron chi connectivity index (χ2n) is 5.70. The van der Waals surface area contributed by atoms with Crippen LogP contribution in [0, 0.1) is 11.3 Å². The maximum absolute atomic E-state index is 11.7. The molecule has 0 aromatic heterocycles. The summed E-state index contributed by atoms with van der Waals surface area (Å²) >= 11 is 0. The molecule has 3 N–H and O–H groups in total. The molecule has 0 rings (SSSR count). The van der Waals surface area contributed by atoms with Gasteiger partial charge in [0.05, 0.1) is 5.41 Å². The number of carbonyl (C=O) groups excluding carboxylic acids is 1. The van der Waals surface area contributed by atoms with Crippen LogP contribution in [-0.2, 0) is 4.79 Å². The van der Waals surface area contributed by atoms with Crippen molar-refractivity contribution >= 4 is 12.0 Å². The third kappa shape index (κ3) is 6.45. The van der Waals surface area contributed by atoms with Crippen molar-refractivity contribution in [3.63, 3.8) is 0 Å². The minimum atomic E-state index is -0.905. The van der Waals surface area contributed by atoms with Gasteiger partial charge < -0.3 is 15.7 Å². The summed E-state index contributed by atoms with van der Waals surface area (Å²) in [5, 5.41) is 14.6. The van der Waals surface area contributed by atoms with E-state index in [0.29, 0.717) is 12.3 Å². The Morgan fingerprint density at radius 3 is 2.26 bits per heavy atom. The number of amides is 2. The van der Waals surface area contributed by atoms with Gasteiger partial charge in [0, 0.05) is 12.6 Å². The Hall–Kier alpha value is -1.26. The molecular formula is C14H28N2O3. The zero-order valence-electron chi connectivity index (χ0n) is 12.7. The quantitative estimate of drug-likeness (QED) is 0.635. The summed E-state index contributed by atoms with van der Waals surface area (Å²) in [4.78, 5) is 22.8. The molecule has 3 atom stereocenters. The molecule has 0 saturated heterocycles. The predicted octanol–water partition coefficient (Wildman–Crippen LogP) is 2.61. The van der Waals surface area contributed by atoms with E-state index in [1.807, 2.05) is 6.92 Å². The van der Waals surface area contributed by atoms with Crippen LogP contribution in [0.2, 0.25) is 0 Å². The van der Waals surface area contributed by atoms with Gasteiger partial charge in [-0.3, -0.25) is 4.79 Å². The van der Waals surface area contributed by atoms with Crippen LogP contribution in [0.1, 0.15) is 53.9 Å². The molecule has 2 amide bonds. The fraction of sp³-hybridized carbons (Fsp3) is 0.857. The van der Waals surface area contributed by atoms with Crippen LogP contribution >= 0.6 is 0 Å². The minimum Gasteiger partial charge on any atom is -0.481 e. The fourth-order valence-electron chi connectivity index (χ4n) is 1.73. The maximum atomic E-state index is 11.7. The largest absolute Gasteiger partial charge is 0.481 e. The molecule has 0 radical (unpaired) electrons. The fourth-order valence-corrected chi connectivity index (χ4v) is 1.73. The van der Waals surface area contributed by atoms with Gasteiger partial charge in [-0.25, -0.2) is 4.79 Å². The topological polar surface area (TPSA) is 78.4 Å². The first-order chi connectivity index (χ1) is 8.75. The second-order valence-corrected chi connectivity index (χ2v) is 5.70. The molecule has 5 nitrogen and oxygen atoms in total. The Labute approximate surface area is 116 Å². The molecule has 0 bridgehead atoms. The summed E-state index contributed by atoms with van der Waals surface area (Å²) in [7, 11) is 0. The van der Waals surface area contributed by atoms with E-state index in [0.717, 1.165) is 12.8 Å². The summed E-state index contributed by atoms with van der Waals surface area (Å²) in [5.74, 6) is -0.321. The van der Waals surface area contributed by atoms with E-state index in [1.165, 1.54) is 0 Å². The lowest BCUT2D eigenvalue weighted by atomic mass is 9.88. The van der Waals surface area contributed by atoms with Gasteiger partial charge in [-0.15, -0.1) is 0 Å². The number of carboxylic acids is 1. The lowest BCUT2D eigenvalue weighted by Crippen LogP contribution is -2.47. The number of hydrogen-bond acceptors (Lipinski definition) is 2. The van der Waals surface area contributed by atoms with Crippen molar-refractivity contribution < 1.29 is 14.7 Å². The van der Waals surface area contributed by atoms with Crippen molar-refractivity contribution in [2.45, 2.75) is 59.9 Å². The first kappa shape index (κ1) is 17.7. The molecule has 0 aliphatic rings. The van der Waals surface area contributed by atoms with Crippen LogP contribution in [0.4, 0.5) is 4.79 Å². The molecule has 3 unspecified atom stereocenters. The van der Waals surface area contributed by atoms with E-state index < -0.39 is 11.4 Å². The molecule has 0 aromatic carbocycles. The smallest absolute Gasteiger partial charge is 0.315 e. The molecule has 0 saturated carbocycles. The van der Waals surface area contributed by atoms with Gasteiger partial charge in [0.1, 0.15) is 0 Å². The highest BCUT2D eigenvalue weighted by Gasteiger charge is 2.31. The number of carbonyl (C=O) groups is 2. The Morgan fingerprint density at radius 1 is 1.26 bits per heavy atom. The van der Waals surface area contributed by atoms with Gasteiger partial charge in [0.15, 0.2) is 0 Å². The minimum absolute atomic E-state index is 0.0904. The third-order valence-corrected chi connectivity index (χ3v) is 3.77. The van der Waals surface area contributed by atoms with E-state index in [9.17, 15) is 9.59 Å². The third-order valence-electron chi connectivity index (χ3n) is 3.77. The summed E-state index contributed by atoms with van der Waals surface area (Å²) < 4.78 is 0. The summed E-state index contributed by atoms with van der Waals surface area (Å²) in [5.41, 5.74) is -0.905. The van der Waals surface area contributed by atoms with Crippen molar-refractivity contribution in [3.05, 3.63) is 0 Å². The molecule has 19 heavy (non-hydrogen) atoms. The van der Waals surface area contributed by atoms with Gasteiger partial charge in [0.2, 0.25) is 0 Å². The zero-order chi connectivity index (χ0) is 15.1. The molecule has 0 fully saturated rings. The molecule has 5 heteroatoms. The summed E-state index contributed by atoms with van der Waals surface area (Å²) in [6.45, 7) is 9.81. The molecule has 0 aliphatic heterocycles. The van der Waals surface area contributed by atoms with Crippen molar-refractivity contribution in [3.8, 4) is 0 Å². The monoisotopic (exact) mass is 272 g/mol. The molecule has 0 spiro atoms. The van der Waals surface area contributed by atoms with Crippen LogP contribution < -0.4 is 10.6 Å². The van der Waals surface area contributed by atoms with E-state index in [4.69, 9.17) is 5.11 Å². The van der Waals surface area contributed by atoms with Crippen LogP contribution in [0.25, 0.3) is 0 Å². The Bertz CT molecular complexity index is 307. The van der Waals surface area contributed by atoms with Crippen LogP contribution in [0.3, 0.4) is 0 Å². The predicted molar refractivity (Wildman–Crippen MR) is 76.1 cm³/mol. The van der Waals surface area contributed by atoms with E-state index in [1.54, 1.807) is 13.8 Å². The molecule has 0 heterocycles. The molecule has 0 aromatic rings. The summed E-state index contributed by atoms with van der Waals surface area (Å²) in [6.07, 6.45) is 2.49. The molecular weight excluding hydrogens is 244 g/mol. The number of carboxylic acid groups (broad SMARTS) is 1. The van der Waals surface area contributed by atoms with E-state index in [2.05, 4.69) is 24.5 Å². The van der Waals surface area contributed by atoms with Gasteiger partial charge in [-0.05, 0) is 32.6 Å². The Balaban J connectivity index is 4.15. The average Bonchev–Trinajstić information content (AvgIpc) is 2.35. The zero-order valence-corrected chi connectivity index (χ0v) is 12.7. The van der Waals surface area contributed by atoms with E-state index in [-0.39, 0.29) is 18.6 Å². The SMILES string of the molecule is CCC(C)CC(C)NC(=O)NCC(C)(CC)C(=O)O. The lowest BCUT2D eigenvalue weighted by molar-refractivity contribution is -0.147. The number of rotatable bonds is 8. The molecule has 0 aliphatic carbocycles. The summed E-state index contributed by atoms with van der Waals surface area (Å²) in [6, 6.07) is -0.204. The number of aliphatic carboxylic acids is 1. The van der Waals surface area contributed by atoms with Gasteiger partial charge in [-0.2, -0.15) is 0 Å². The number of hydrogen-bond donors (Lipinski definition) is 3. The van der Waals surface area contributed by atoms with E-state index >= 15 is 0 Å². The highest BCUT2D eigenvalue weighted by molar-refractivity contribution is 5.77. The first-order valence-electron chi connectivity index (χ1n) is 7.02. The number of nitrogens with one attached hydrogen (secondary N) is 2. The van der Waals surface area contributed by atoms with Gasteiger partial charge >= 0.3 is 12.0 Å². The van der Waals surface area contributed by atoms with Gasteiger partial charge in [0.25, 0.3) is 0 Å². The van der Waals surface area contributed by atoms with Crippen molar-refractivity contribution in [1.82, 2.24) is 10.6 Å². The average molecular weight is 272 g/mol. The van der Waals surface area contributed by atoms with Crippen LogP contribution in [0.5, 0.6) is 0 Å². The first-order valence-corrected chi connectivity index (χ1v) is 7.02. The highest BCUT2D eigenvalue weighted by atomic mass is 16.4. The van der Waals surface area contributed by atoms with Crippen molar-refractivity contribution in [2.75, 3.05) is 6.54 Å². The molecule has 112 valence electrons. The van der Waals surface area contributed by atoms with Gasteiger partial charge in [-0.1, -0.05) is 27.2 Å². The van der Waals surface area contributed by atoms with Crippen molar-refractivity contribution in [2.24, 2.45) is 11.3 Å². The second kappa shape index (κ2) is 8.02. The van der Waals surface area contributed by atoms with Crippen LogP contribution in [0.15, 0.2) is 0 Å². The number of urea groups is 1. The standard InChI is InChI=1S/C14H28N2O3/c1-6-10(3)8-11(4)16-13(19)15-9-14(5,7-2)12(17)18/h10-11H,6-9H2,1-5H3,(H,17,18)(H2,15,16,19). The Kier molecular flexibility index (Phi) is 7.49. The lowest BCUT2D eigenvalue weighted by Gasteiger charge is -2.24. The highest BCUT2D eigenvalue weighted by Crippen LogP contribution is 2.19.